The van der Waals surface area contributed by atoms with Gasteiger partial charge in [-0.1, -0.05) is 19.0 Å². The zero-order valence-corrected chi connectivity index (χ0v) is 13.5. The first-order chi connectivity index (χ1) is 11.5. The maximum absolute atomic E-state index is 12.4. The average Bonchev–Trinajstić information content (AvgIpc) is 3.27. The molecule has 2 N–H and O–H groups in total. The molecular formula is C14H17N7O3. The predicted molar refractivity (Wildman–Crippen MR) is 80.6 cm³/mol. The van der Waals surface area contributed by atoms with Crippen LogP contribution in [-0.4, -0.2) is 36.2 Å². The lowest BCUT2D eigenvalue weighted by atomic mass is 10.0. The summed E-state index contributed by atoms with van der Waals surface area (Å²) < 4.78 is 10.4. The van der Waals surface area contributed by atoms with E-state index < -0.39 is 6.04 Å². The van der Waals surface area contributed by atoms with E-state index in [0.29, 0.717) is 29.8 Å². The van der Waals surface area contributed by atoms with E-state index in [1.807, 2.05) is 13.8 Å². The molecule has 0 radical (unpaired) electrons. The Kier molecular flexibility index (Phi) is 4.36. The number of hydrogen-bond acceptors (Lipinski definition) is 8. The molecule has 10 nitrogen and oxygen atoms in total. The molecule has 24 heavy (non-hydrogen) atoms. The quantitative estimate of drug-likeness (QED) is 0.696. The van der Waals surface area contributed by atoms with E-state index in [-0.39, 0.29) is 17.4 Å². The second-order valence-electron chi connectivity index (χ2n) is 5.70. The second kappa shape index (κ2) is 6.60. The van der Waals surface area contributed by atoms with Gasteiger partial charge in [0.2, 0.25) is 11.7 Å². The molecule has 3 aromatic heterocycles. The van der Waals surface area contributed by atoms with Crippen LogP contribution in [0.25, 0.3) is 11.6 Å². The van der Waals surface area contributed by atoms with Gasteiger partial charge in [0.15, 0.2) is 17.9 Å². The lowest BCUT2D eigenvalue weighted by molar-refractivity contribution is 0.0916. The summed E-state index contributed by atoms with van der Waals surface area (Å²) in [4.78, 5) is 24.6. The fourth-order valence-corrected chi connectivity index (χ4v) is 2.23. The van der Waals surface area contributed by atoms with Crippen molar-refractivity contribution >= 4 is 5.91 Å². The Morgan fingerprint density at radius 3 is 2.83 bits per heavy atom. The van der Waals surface area contributed by atoms with Gasteiger partial charge in [-0.3, -0.25) is 9.89 Å². The number of aryl methyl sites for hydroxylation is 1. The standard InChI is InChI=1S/C14H17N7O3/c1-7(2)4-9(18-13(22)10-8(3)23-6-16-10)14-19-12(21-24-14)11-15-5-17-20-11/h5-7,9H,4H2,1-3H3,(H,18,22)(H,15,17,20). The van der Waals surface area contributed by atoms with Gasteiger partial charge in [0.1, 0.15) is 18.1 Å². The molecule has 3 rings (SSSR count). The molecule has 0 saturated heterocycles. The van der Waals surface area contributed by atoms with E-state index >= 15 is 0 Å². The normalized spacial score (nSPS) is 12.5. The van der Waals surface area contributed by atoms with Crippen LogP contribution in [0.15, 0.2) is 21.7 Å². The Bertz CT molecular complexity index is 806. The number of aromatic amines is 1. The van der Waals surface area contributed by atoms with Gasteiger partial charge in [-0.05, 0) is 19.3 Å². The number of carbonyl (C=O) groups excluding carboxylic acids is 1. The predicted octanol–water partition coefficient (Wildman–Crippen LogP) is 1.67. The van der Waals surface area contributed by atoms with Crippen LogP contribution in [0.1, 0.15) is 48.4 Å². The Morgan fingerprint density at radius 1 is 1.38 bits per heavy atom. The minimum atomic E-state index is -0.447. The van der Waals surface area contributed by atoms with Gasteiger partial charge < -0.3 is 14.3 Å². The number of H-pyrrole nitrogens is 1. The molecule has 3 heterocycles. The number of aromatic nitrogens is 6. The molecule has 1 unspecified atom stereocenters. The number of oxazole rings is 1. The summed E-state index contributed by atoms with van der Waals surface area (Å²) in [6.45, 7) is 5.75. The summed E-state index contributed by atoms with van der Waals surface area (Å²) in [5, 5.41) is 13.1. The molecule has 1 amide bonds. The smallest absolute Gasteiger partial charge is 0.274 e. The highest BCUT2D eigenvalue weighted by atomic mass is 16.5. The van der Waals surface area contributed by atoms with Crippen LogP contribution in [0.2, 0.25) is 0 Å². The topological polar surface area (TPSA) is 136 Å². The first-order valence-electron chi connectivity index (χ1n) is 7.45. The molecule has 3 aromatic rings. The lowest BCUT2D eigenvalue weighted by Crippen LogP contribution is -2.30. The summed E-state index contributed by atoms with van der Waals surface area (Å²) in [7, 11) is 0. The molecule has 0 fully saturated rings. The summed E-state index contributed by atoms with van der Waals surface area (Å²) in [5.41, 5.74) is 0.235. The van der Waals surface area contributed by atoms with Crippen molar-refractivity contribution in [1.82, 2.24) is 35.6 Å². The van der Waals surface area contributed by atoms with Crippen molar-refractivity contribution in [2.75, 3.05) is 0 Å². The molecule has 0 aliphatic carbocycles. The van der Waals surface area contributed by atoms with Crippen molar-refractivity contribution < 1.29 is 13.7 Å². The molecule has 0 aliphatic heterocycles. The molecule has 0 aromatic carbocycles. The fraction of sp³-hybridized carbons (Fsp3) is 0.429. The van der Waals surface area contributed by atoms with Crippen molar-refractivity contribution in [3.63, 3.8) is 0 Å². The lowest BCUT2D eigenvalue weighted by Gasteiger charge is -2.16. The highest BCUT2D eigenvalue weighted by Gasteiger charge is 2.25. The zero-order valence-electron chi connectivity index (χ0n) is 13.5. The summed E-state index contributed by atoms with van der Waals surface area (Å²) >= 11 is 0. The van der Waals surface area contributed by atoms with Crippen LogP contribution in [-0.2, 0) is 0 Å². The summed E-state index contributed by atoms with van der Waals surface area (Å²) in [5.74, 6) is 1.36. The molecule has 10 heteroatoms. The molecule has 1 atom stereocenters. The molecule has 0 spiro atoms. The number of hydrogen-bond donors (Lipinski definition) is 2. The van der Waals surface area contributed by atoms with E-state index in [0.717, 1.165) is 0 Å². The van der Waals surface area contributed by atoms with Crippen LogP contribution < -0.4 is 5.32 Å². The van der Waals surface area contributed by atoms with Crippen molar-refractivity contribution in [3.05, 3.63) is 30.1 Å². The van der Waals surface area contributed by atoms with Gasteiger partial charge in [-0.2, -0.15) is 10.1 Å². The maximum atomic E-state index is 12.4. The minimum absolute atomic E-state index is 0.235. The highest BCUT2D eigenvalue weighted by Crippen LogP contribution is 2.22. The number of amides is 1. The van der Waals surface area contributed by atoms with Crippen LogP contribution in [0.3, 0.4) is 0 Å². The van der Waals surface area contributed by atoms with Gasteiger partial charge in [0.05, 0.1) is 0 Å². The van der Waals surface area contributed by atoms with E-state index in [1.54, 1.807) is 6.92 Å². The molecule has 0 bridgehead atoms. The Labute approximate surface area is 137 Å². The molecule has 0 saturated carbocycles. The minimum Gasteiger partial charge on any atom is -0.448 e. The van der Waals surface area contributed by atoms with Crippen molar-refractivity contribution in [2.45, 2.75) is 33.2 Å². The van der Waals surface area contributed by atoms with E-state index in [2.05, 4.69) is 35.6 Å². The monoisotopic (exact) mass is 331 g/mol. The Morgan fingerprint density at radius 2 is 2.21 bits per heavy atom. The maximum Gasteiger partial charge on any atom is 0.274 e. The molecule has 126 valence electrons. The first-order valence-corrected chi connectivity index (χ1v) is 7.45. The third-order valence-corrected chi connectivity index (χ3v) is 3.34. The van der Waals surface area contributed by atoms with Crippen LogP contribution in [0.4, 0.5) is 0 Å². The van der Waals surface area contributed by atoms with Crippen LogP contribution in [0, 0.1) is 12.8 Å². The largest absolute Gasteiger partial charge is 0.448 e. The van der Waals surface area contributed by atoms with E-state index in [9.17, 15) is 4.79 Å². The summed E-state index contributed by atoms with van der Waals surface area (Å²) in [6.07, 6.45) is 3.21. The second-order valence-corrected chi connectivity index (χ2v) is 5.70. The Hall–Kier alpha value is -3.04. The van der Waals surface area contributed by atoms with Gasteiger partial charge in [-0.25, -0.2) is 9.97 Å². The number of nitrogens with zero attached hydrogens (tertiary/aromatic N) is 5. The number of rotatable bonds is 6. The van der Waals surface area contributed by atoms with E-state index in [1.165, 1.54) is 12.7 Å². The third kappa shape index (κ3) is 3.31. The van der Waals surface area contributed by atoms with Crippen molar-refractivity contribution in [1.29, 1.82) is 0 Å². The van der Waals surface area contributed by atoms with E-state index in [4.69, 9.17) is 8.94 Å². The van der Waals surface area contributed by atoms with Crippen molar-refractivity contribution in [3.8, 4) is 11.6 Å². The third-order valence-electron chi connectivity index (χ3n) is 3.34. The Balaban J connectivity index is 1.81. The average molecular weight is 331 g/mol. The van der Waals surface area contributed by atoms with Crippen molar-refractivity contribution in [2.24, 2.45) is 5.92 Å². The first kappa shape index (κ1) is 15.8. The van der Waals surface area contributed by atoms with Gasteiger partial charge >= 0.3 is 0 Å². The SMILES string of the molecule is Cc1ocnc1C(=O)NC(CC(C)C)c1nc(-c2ncn[nH]2)no1. The molecule has 0 aliphatic rings. The number of carbonyl (C=O) groups is 1. The highest BCUT2D eigenvalue weighted by molar-refractivity contribution is 5.93. The van der Waals surface area contributed by atoms with Gasteiger partial charge in [-0.15, -0.1) is 0 Å². The molecular weight excluding hydrogens is 314 g/mol. The van der Waals surface area contributed by atoms with Crippen LogP contribution in [0.5, 0.6) is 0 Å². The summed E-state index contributed by atoms with van der Waals surface area (Å²) in [6, 6.07) is -0.447. The fourth-order valence-electron chi connectivity index (χ4n) is 2.23. The van der Waals surface area contributed by atoms with Crippen LogP contribution >= 0.6 is 0 Å². The van der Waals surface area contributed by atoms with Gasteiger partial charge in [0.25, 0.3) is 5.91 Å². The van der Waals surface area contributed by atoms with Gasteiger partial charge in [0, 0.05) is 0 Å². The zero-order chi connectivity index (χ0) is 17.1. The number of nitrogens with one attached hydrogen (secondary N) is 2.